The van der Waals surface area contributed by atoms with E-state index in [0.29, 0.717) is 45.0 Å². The molecular weight excluding hydrogens is 451 g/mol. The second kappa shape index (κ2) is 8.14. The van der Waals surface area contributed by atoms with E-state index in [-0.39, 0.29) is 11.4 Å². The van der Waals surface area contributed by atoms with E-state index in [4.69, 9.17) is 27.9 Å². The van der Waals surface area contributed by atoms with Crippen molar-refractivity contribution in [2.24, 2.45) is 7.05 Å². The second-order valence-corrected chi connectivity index (χ2v) is 7.87. The minimum Gasteiger partial charge on any atom is -0.435 e. The van der Waals surface area contributed by atoms with Crippen molar-refractivity contribution in [1.29, 1.82) is 0 Å². The lowest BCUT2D eigenvalue weighted by Crippen LogP contribution is -2.20. The summed E-state index contributed by atoms with van der Waals surface area (Å²) in [6, 6.07) is 16.4. The number of pyridine rings is 1. The number of hydrogen-bond acceptors (Lipinski definition) is 6. The molecule has 2 aromatic carbocycles. The molecule has 0 atom stereocenters. The van der Waals surface area contributed by atoms with Crippen LogP contribution in [0.15, 0.2) is 65.6 Å². The van der Waals surface area contributed by atoms with Crippen molar-refractivity contribution in [2.45, 2.75) is 6.54 Å². The summed E-state index contributed by atoms with van der Waals surface area (Å²) in [7, 11) is 1.68. The second-order valence-electron chi connectivity index (χ2n) is 7.03. The van der Waals surface area contributed by atoms with Gasteiger partial charge in [0.25, 0.3) is 5.56 Å². The Labute approximate surface area is 192 Å². The Hall–Kier alpha value is -3.62. The van der Waals surface area contributed by atoms with Crippen molar-refractivity contribution in [3.05, 3.63) is 87.0 Å². The first-order valence-electron chi connectivity index (χ1n) is 9.66. The molecule has 3 aromatic heterocycles. The number of hydrogen-bond donors (Lipinski definition) is 1. The lowest BCUT2D eigenvalue weighted by Gasteiger charge is -2.13. The summed E-state index contributed by atoms with van der Waals surface area (Å²) in [5.74, 6) is 1.89. The highest BCUT2D eigenvalue weighted by atomic mass is 35.5. The largest absolute Gasteiger partial charge is 0.435 e. The van der Waals surface area contributed by atoms with Crippen LogP contribution >= 0.6 is 23.2 Å². The molecule has 3 heterocycles. The van der Waals surface area contributed by atoms with Gasteiger partial charge in [0.2, 0.25) is 11.7 Å². The van der Waals surface area contributed by atoms with Gasteiger partial charge in [-0.15, -0.1) is 10.2 Å². The maximum absolute atomic E-state index is 12.6. The summed E-state index contributed by atoms with van der Waals surface area (Å²) in [6.07, 6.45) is 1.47. The van der Waals surface area contributed by atoms with Crippen LogP contribution in [0.3, 0.4) is 0 Å². The van der Waals surface area contributed by atoms with Gasteiger partial charge in [0.05, 0.1) is 28.2 Å². The number of nitrogens with zero attached hydrogens (tertiary/aromatic N) is 5. The maximum atomic E-state index is 12.6. The monoisotopic (exact) mass is 466 g/mol. The van der Waals surface area contributed by atoms with E-state index in [9.17, 15) is 4.79 Å². The number of benzene rings is 2. The average Bonchev–Trinajstić information content (AvgIpc) is 3.23. The number of fused-ring (bicyclic) bond motifs is 3. The Morgan fingerprint density at radius 1 is 1.06 bits per heavy atom. The Balaban J connectivity index is 1.49. The molecule has 1 N–H and O–H groups in total. The fourth-order valence-electron chi connectivity index (χ4n) is 3.46. The molecule has 0 aliphatic rings. The molecule has 0 unspecified atom stereocenters. The molecule has 0 radical (unpaired) electrons. The predicted molar refractivity (Wildman–Crippen MR) is 124 cm³/mol. The standard InChI is InChI=1S/C22H16Cl2N6O2/c1-29-21(31)14-6-2-4-8-17(14)30-19(27-28-22(29)30)12-25-16-7-3-5-9-18(16)32-20-15(24)10-13(23)11-26-20/h2-11,25H,12H2,1H3. The lowest BCUT2D eigenvalue weighted by atomic mass is 10.2. The van der Waals surface area contributed by atoms with Crippen LogP contribution in [0.25, 0.3) is 16.7 Å². The number of para-hydroxylation sites is 3. The molecule has 160 valence electrons. The van der Waals surface area contributed by atoms with E-state index >= 15 is 0 Å². The van der Waals surface area contributed by atoms with Crippen LogP contribution in [-0.4, -0.2) is 24.1 Å². The van der Waals surface area contributed by atoms with Crippen molar-refractivity contribution in [2.75, 3.05) is 5.32 Å². The van der Waals surface area contributed by atoms with E-state index < -0.39 is 0 Å². The zero-order valence-electron chi connectivity index (χ0n) is 16.8. The van der Waals surface area contributed by atoms with Crippen molar-refractivity contribution in [1.82, 2.24) is 24.1 Å². The molecule has 0 fully saturated rings. The first kappa shape index (κ1) is 20.3. The first-order chi connectivity index (χ1) is 15.5. The van der Waals surface area contributed by atoms with Gasteiger partial charge in [-0.2, -0.15) is 0 Å². The van der Waals surface area contributed by atoms with Crippen molar-refractivity contribution in [3.8, 4) is 11.6 Å². The number of halogens is 2. The van der Waals surface area contributed by atoms with Gasteiger partial charge in [0.15, 0.2) is 11.6 Å². The van der Waals surface area contributed by atoms with Crippen molar-refractivity contribution in [3.63, 3.8) is 0 Å². The van der Waals surface area contributed by atoms with E-state index in [1.165, 1.54) is 10.8 Å². The third-order valence-corrected chi connectivity index (χ3v) is 5.48. The van der Waals surface area contributed by atoms with Crippen molar-refractivity contribution < 1.29 is 4.74 Å². The van der Waals surface area contributed by atoms with Gasteiger partial charge in [-0.05, 0) is 30.3 Å². The minimum atomic E-state index is -0.119. The lowest BCUT2D eigenvalue weighted by molar-refractivity contribution is 0.465. The number of rotatable bonds is 5. The summed E-state index contributed by atoms with van der Waals surface area (Å²) in [5, 5.41) is 13.2. The molecule has 0 aliphatic heterocycles. The SMILES string of the molecule is Cn1c(=O)c2ccccc2n2c(CNc3ccccc3Oc3ncc(Cl)cc3Cl)nnc12. The van der Waals surface area contributed by atoms with E-state index in [1.807, 2.05) is 40.8 Å². The summed E-state index contributed by atoms with van der Waals surface area (Å²) >= 11 is 12.1. The average molecular weight is 467 g/mol. The first-order valence-corrected chi connectivity index (χ1v) is 10.4. The molecule has 0 bridgehead atoms. The molecule has 0 amide bonds. The predicted octanol–water partition coefficient (Wildman–Crippen LogP) is 4.69. The number of nitrogens with one attached hydrogen (secondary N) is 1. The summed E-state index contributed by atoms with van der Waals surface area (Å²) in [4.78, 5) is 16.8. The van der Waals surface area contributed by atoms with E-state index in [0.717, 1.165) is 5.52 Å². The summed E-state index contributed by atoms with van der Waals surface area (Å²) in [5.41, 5.74) is 1.34. The summed E-state index contributed by atoms with van der Waals surface area (Å²) < 4.78 is 9.26. The van der Waals surface area contributed by atoms with Crippen LogP contribution in [0.1, 0.15) is 5.82 Å². The van der Waals surface area contributed by atoms with Gasteiger partial charge >= 0.3 is 0 Å². The fraction of sp³-hybridized carbons (Fsp3) is 0.0909. The summed E-state index contributed by atoms with van der Waals surface area (Å²) in [6.45, 7) is 0.339. The Kier molecular flexibility index (Phi) is 5.16. The quantitative estimate of drug-likeness (QED) is 0.404. The van der Waals surface area contributed by atoms with Crippen LogP contribution in [0.5, 0.6) is 11.6 Å². The van der Waals surface area contributed by atoms with Gasteiger partial charge in [-0.3, -0.25) is 13.8 Å². The number of aromatic nitrogens is 5. The van der Waals surface area contributed by atoms with Gasteiger partial charge < -0.3 is 10.1 Å². The topological polar surface area (TPSA) is 86.3 Å². The molecule has 32 heavy (non-hydrogen) atoms. The van der Waals surface area contributed by atoms with Crippen LogP contribution < -0.4 is 15.6 Å². The molecule has 5 aromatic rings. The molecule has 0 saturated heterocycles. The molecule has 8 nitrogen and oxygen atoms in total. The van der Waals surface area contributed by atoms with Gasteiger partial charge in [-0.1, -0.05) is 47.5 Å². The minimum absolute atomic E-state index is 0.119. The molecule has 10 heteroatoms. The highest BCUT2D eigenvalue weighted by Crippen LogP contribution is 2.33. The Morgan fingerprint density at radius 3 is 2.69 bits per heavy atom. The maximum Gasteiger partial charge on any atom is 0.262 e. The fourth-order valence-corrected chi connectivity index (χ4v) is 3.88. The van der Waals surface area contributed by atoms with Crippen LogP contribution in [-0.2, 0) is 13.6 Å². The number of anilines is 1. The zero-order valence-corrected chi connectivity index (χ0v) is 18.3. The van der Waals surface area contributed by atoms with Gasteiger partial charge in [0.1, 0.15) is 5.02 Å². The Bertz CT molecular complexity index is 1530. The molecule has 5 rings (SSSR count). The van der Waals surface area contributed by atoms with E-state index in [2.05, 4.69) is 20.5 Å². The zero-order chi connectivity index (χ0) is 22.2. The third-order valence-electron chi connectivity index (χ3n) is 5.00. The van der Waals surface area contributed by atoms with Crippen molar-refractivity contribution >= 4 is 45.6 Å². The highest BCUT2D eigenvalue weighted by Gasteiger charge is 2.15. The third kappa shape index (κ3) is 3.53. The number of aryl methyl sites for hydroxylation is 1. The molecular formula is C22H16Cl2N6O2. The highest BCUT2D eigenvalue weighted by molar-refractivity contribution is 6.35. The molecule has 0 aliphatic carbocycles. The van der Waals surface area contributed by atoms with Gasteiger partial charge in [-0.25, -0.2) is 4.98 Å². The smallest absolute Gasteiger partial charge is 0.262 e. The number of ether oxygens (including phenoxy) is 1. The van der Waals surface area contributed by atoms with E-state index in [1.54, 1.807) is 25.2 Å². The van der Waals surface area contributed by atoms with Crippen LogP contribution in [0.2, 0.25) is 10.0 Å². The Morgan fingerprint density at radius 2 is 1.84 bits per heavy atom. The van der Waals surface area contributed by atoms with Crippen LogP contribution in [0, 0.1) is 0 Å². The molecule has 0 saturated carbocycles. The van der Waals surface area contributed by atoms with Crippen LogP contribution in [0.4, 0.5) is 5.69 Å². The van der Waals surface area contributed by atoms with Gasteiger partial charge in [0, 0.05) is 13.2 Å². The normalized spacial score (nSPS) is 11.2. The molecule has 0 spiro atoms.